The van der Waals surface area contributed by atoms with E-state index in [1.54, 1.807) is 48.5 Å². The van der Waals surface area contributed by atoms with E-state index in [0.717, 1.165) is 6.07 Å². The highest BCUT2D eigenvalue weighted by molar-refractivity contribution is 6.30. The molecule has 0 fully saturated rings. The van der Waals surface area contributed by atoms with Crippen molar-refractivity contribution in [2.45, 2.75) is 6.42 Å². The quantitative estimate of drug-likeness (QED) is 0.652. The van der Waals surface area contributed by atoms with Gasteiger partial charge < -0.3 is 5.32 Å². The predicted octanol–water partition coefficient (Wildman–Crippen LogP) is 4.89. The standard InChI is InChI=1S/C21H15ClFNO2/c22-16-11-10-15(18(23)13-16)12-20(25)24-19-9-5-4-8-17(19)21(26)14-6-2-1-3-7-14/h1-11,13H,12H2,(H,24,25). The molecule has 0 aliphatic carbocycles. The zero-order chi connectivity index (χ0) is 18.5. The summed E-state index contributed by atoms with van der Waals surface area (Å²) in [6, 6.07) is 19.7. The van der Waals surface area contributed by atoms with Crippen molar-refractivity contribution in [2.24, 2.45) is 0 Å². The highest BCUT2D eigenvalue weighted by Crippen LogP contribution is 2.20. The number of carbonyl (C=O) groups is 2. The highest BCUT2D eigenvalue weighted by Gasteiger charge is 2.15. The first kappa shape index (κ1) is 17.8. The Kier molecular flexibility index (Phi) is 5.44. The van der Waals surface area contributed by atoms with E-state index in [1.807, 2.05) is 6.07 Å². The second-order valence-electron chi connectivity index (χ2n) is 5.70. The Hall–Kier alpha value is -2.98. The van der Waals surface area contributed by atoms with Crippen LogP contribution in [0.3, 0.4) is 0 Å². The molecule has 3 aromatic carbocycles. The van der Waals surface area contributed by atoms with Crippen LogP contribution in [0.1, 0.15) is 21.5 Å². The molecule has 0 spiro atoms. The van der Waals surface area contributed by atoms with Gasteiger partial charge in [-0.1, -0.05) is 60.1 Å². The molecule has 0 saturated heterocycles. The first-order valence-corrected chi connectivity index (χ1v) is 8.35. The summed E-state index contributed by atoms with van der Waals surface area (Å²) in [4.78, 5) is 25.0. The molecule has 0 unspecified atom stereocenters. The number of para-hydroxylation sites is 1. The summed E-state index contributed by atoms with van der Waals surface area (Å²) in [5.74, 6) is -1.15. The molecule has 0 aliphatic heterocycles. The Balaban J connectivity index is 1.80. The first-order chi connectivity index (χ1) is 12.5. The van der Waals surface area contributed by atoms with Gasteiger partial charge in [0.15, 0.2) is 5.78 Å². The average Bonchev–Trinajstić information content (AvgIpc) is 2.65. The van der Waals surface area contributed by atoms with E-state index in [0.29, 0.717) is 16.8 Å². The van der Waals surface area contributed by atoms with Gasteiger partial charge in [-0.2, -0.15) is 0 Å². The van der Waals surface area contributed by atoms with Crippen molar-refractivity contribution in [3.63, 3.8) is 0 Å². The number of ketones is 1. The van der Waals surface area contributed by atoms with E-state index in [1.165, 1.54) is 12.1 Å². The van der Waals surface area contributed by atoms with Crippen LogP contribution in [0.4, 0.5) is 10.1 Å². The SMILES string of the molecule is O=C(Cc1ccc(Cl)cc1F)Nc1ccccc1C(=O)c1ccccc1. The third-order valence-electron chi connectivity index (χ3n) is 3.85. The van der Waals surface area contributed by atoms with Crippen LogP contribution in [0.25, 0.3) is 0 Å². The summed E-state index contributed by atoms with van der Waals surface area (Å²) < 4.78 is 13.9. The molecule has 5 heteroatoms. The molecule has 0 radical (unpaired) electrons. The van der Waals surface area contributed by atoms with Gasteiger partial charge in [0.1, 0.15) is 5.82 Å². The van der Waals surface area contributed by atoms with Crippen molar-refractivity contribution in [1.82, 2.24) is 0 Å². The second-order valence-corrected chi connectivity index (χ2v) is 6.14. The van der Waals surface area contributed by atoms with Crippen molar-refractivity contribution in [3.8, 4) is 0 Å². The Morgan fingerprint density at radius 2 is 1.62 bits per heavy atom. The maximum Gasteiger partial charge on any atom is 0.228 e. The molecule has 0 aromatic heterocycles. The third kappa shape index (κ3) is 4.16. The minimum Gasteiger partial charge on any atom is -0.325 e. The fraction of sp³-hybridized carbons (Fsp3) is 0.0476. The first-order valence-electron chi connectivity index (χ1n) is 7.97. The van der Waals surface area contributed by atoms with Gasteiger partial charge in [0.25, 0.3) is 0 Å². The van der Waals surface area contributed by atoms with Crippen LogP contribution in [0.15, 0.2) is 72.8 Å². The number of rotatable bonds is 5. The molecule has 0 aliphatic rings. The van der Waals surface area contributed by atoms with E-state index < -0.39 is 11.7 Å². The summed E-state index contributed by atoms with van der Waals surface area (Å²) >= 11 is 5.72. The number of anilines is 1. The average molecular weight is 368 g/mol. The summed E-state index contributed by atoms with van der Waals surface area (Å²) in [7, 11) is 0. The summed E-state index contributed by atoms with van der Waals surface area (Å²) in [6.45, 7) is 0. The van der Waals surface area contributed by atoms with Crippen LogP contribution in [0, 0.1) is 5.82 Å². The molecule has 1 amide bonds. The van der Waals surface area contributed by atoms with Crippen molar-refractivity contribution in [2.75, 3.05) is 5.32 Å². The molecular weight excluding hydrogens is 353 g/mol. The normalized spacial score (nSPS) is 10.4. The maximum atomic E-state index is 13.9. The van der Waals surface area contributed by atoms with Gasteiger partial charge in [0.05, 0.1) is 12.1 Å². The van der Waals surface area contributed by atoms with E-state index in [9.17, 15) is 14.0 Å². The van der Waals surface area contributed by atoms with Gasteiger partial charge in [0.2, 0.25) is 5.91 Å². The maximum absolute atomic E-state index is 13.9. The second kappa shape index (κ2) is 7.93. The molecule has 3 nitrogen and oxygen atoms in total. The number of carbonyl (C=O) groups excluding carboxylic acids is 2. The molecule has 130 valence electrons. The van der Waals surface area contributed by atoms with Crippen molar-refractivity contribution in [3.05, 3.63) is 100 Å². The molecule has 0 atom stereocenters. The fourth-order valence-electron chi connectivity index (χ4n) is 2.57. The minimum absolute atomic E-state index is 0.156. The predicted molar refractivity (Wildman–Crippen MR) is 100 cm³/mol. The Morgan fingerprint density at radius 1 is 0.923 bits per heavy atom. The van der Waals surface area contributed by atoms with Crippen LogP contribution < -0.4 is 5.32 Å². The number of nitrogens with one attached hydrogen (secondary N) is 1. The molecule has 0 heterocycles. The van der Waals surface area contributed by atoms with Gasteiger partial charge in [-0.25, -0.2) is 4.39 Å². The molecule has 1 N–H and O–H groups in total. The van der Waals surface area contributed by atoms with Gasteiger partial charge in [0, 0.05) is 16.1 Å². The molecule has 0 bridgehead atoms. The monoisotopic (exact) mass is 367 g/mol. The van der Waals surface area contributed by atoms with Crippen LogP contribution >= 0.6 is 11.6 Å². The van der Waals surface area contributed by atoms with Crippen LogP contribution in [-0.4, -0.2) is 11.7 Å². The Bertz CT molecular complexity index is 957. The van der Waals surface area contributed by atoms with Crippen molar-refractivity contribution in [1.29, 1.82) is 0 Å². The van der Waals surface area contributed by atoms with Crippen LogP contribution in [0.2, 0.25) is 5.02 Å². The molecule has 3 rings (SSSR count). The Labute approximate surface area is 155 Å². The van der Waals surface area contributed by atoms with Gasteiger partial charge in [-0.15, -0.1) is 0 Å². The van der Waals surface area contributed by atoms with Gasteiger partial charge in [-0.05, 0) is 29.8 Å². The number of halogens is 2. The summed E-state index contributed by atoms with van der Waals surface area (Å²) in [5, 5.41) is 2.96. The van der Waals surface area contributed by atoms with E-state index in [2.05, 4.69) is 5.32 Å². The molecule has 0 saturated carbocycles. The summed E-state index contributed by atoms with van der Waals surface area (Å²) in [5.41, 5.74) is 1.53. The lowest BCUT2D eigenvalue weighted by Crippen LogP contribution is -2.17. The van der Waals surface area contributed by atoms with Crippen LogP contribution in [0.5, 0.6) is 0 Å². The summed E-state index contributed by atoms with van der Waals surface area (Å²) in [6.07, 6.45) is -0.156. The minimum atomic E-state index is -0.540. The molecule has 26 heavy (non-hydrogen) atoms. The number of hydrogen-bond donors (Lipinski definition) is 1. The fourth-order valence-corrected chi connectivity index (χ4v) is 2.73. The number of amides is 1. The van der Waals surface area contributed by atoms with Crippen molar-refractivity contribution >= 4 is 29.0 Å². The lowest BCUT2D eigenvalue weighted by Gasteiger charge is -2.11. The van der Waals surface area contributed by atoms with Gasteiger partial charge in [-0.3, -0.25) is 9.59 Å². The van der Waals surface area contributed by atoms with Gasteiger partial charge >= 0.3 is 0 Å². The van der Waals surface area contributed by atoms with Crippen molar-refractivity contribution < 1.29 is 14.0 Å². The zero-order valence-electron chi connectivity index (χ0n) is 13.7. The highest BCUT2D eigenvalue weighted by atomic mass is 35.5. The number of hydrogen-bond acceptors (Lipinski definition) is 2. The lowest BCUT2D eigenvalue weighted by atomic mass is 10.0. The molecular formula is C21H15ClFNO2. The number of benzene rings is 3. The largest absolute Gasteiger partial charge is 0.325 e. The van der Waals surface area contributed by atoms with Crippen LogP contribution in [-0.2, 0) is 11.2 Å². The smallest absolute Gasteiger partial charge is 0.228 e. The molecule has 3 aromatic rings. The third-order valence-corrected chi connectivity index (χ3v) is 4.08. The lowest BCUT2D eigenvalue weighted by molar-refractivity contribution is -0.115. The van der Waals surface area contributed by atoms with E-state index in [-0.39, 0.29) is 22.8 Å². The Morgan fingerprint density at radius 3 is 2.35 bits per heavy atom. The topological polar surface area (TPSA) is 46.2 Å². The zero-order valence-corrected chi connectivity index (χ0v) is 14.5. The van der Waals surface area contributed by atoms with E-state index >= 15 is 0 Å². The van der Waals surface area contributed by atoms with E-state index in [4.69, 9.17) is 11.6 Å².